The molecule has 3 N–H and O–H groups in total. The van der Waals surface area contributed by atoms with Gasteiger partial charge in [0, 0.05) is 7.97 Å². The van der Waals surface area contributed by atoms with Gasteiger partial charge in [0.1, 0.15) is 5.56 Å². The first-order valence-electron chi connectivity index (χ1n) is 9.41. The Morgan fingerprint density at radius 1 is 1.24 bits per heavy atom. The van der Waals surface area contributed by atoms with Gasteiger partial charge in [-0.15, -0.1) is 0 Å². The van der Waals surface area contributed by atoms with Crippen molar-refractivity contribution in [2.45, 2.75) is 25.8 Å². The van der Waals surface area contributed by atoms with Crippen molar-refractivity contribution < 1.29 is 20.5 Å². The first-order chi connectivity index (χ1) is 13.9. The monoisotopic (exact) mass is 398 g/mol. The van der Waals surface area contributed by atoms with Crippen LogP contribution in [0.25, 0.3) is 0 Å². The molecule has 3 amide bonds. The third-order valence-electron chi connectivity index (χ3n) is 5.02. The largest absolute Gasteiger partial charge is 0.480 e. The average molecular weight is 398 g/mol. The number of ether oxygens (including phenoxy) is 1. The lowest BCUT2D eigenvalue weighted by Crippen LogP contribution is -2.46. The number of nitrogens with zero attached hydrogens (tertiary/aromatic N) is 2. The van der Waals surface area contributed by atoms with Gasteiger partial charge in [0.05, 0.1) is 25.0 Å². The molecule has 2 heterocycles. The van der Waals surface area contributed by atoms with E-state index in [1.165, 1.54) is 19.4 Å². The molecule has 29 heavy (non-hydrogen) atoms. The van der Waals surface area contributed by atoms with E-state index in [2.05, 4.69) is 17.2 Å². The Hall–Kier alpha value is -3.42. The zero-order chi connectivity index (χ0) is 21.0. The second kappa shape index (κ2) is 8.72. The number of likely N-dealkylation sites (tertiary alicyclic amines) is 1. The lowest BCUT2D eigenvalue weighted by molar-refractivity contribution is -0.146. The molecule has 0 saturated carbocycles. The van der Waals surface area contributed by atoms with Crippen LogP contribution in [0.1, 0.15) is 43.2 Å². The van der Waals surface area contributed by atoms with Crippen molar-refractivity contribution in [1.29, 1.82) is 0 Å². The zero-order valence-electron chi connectivity index (χ0n) is 16.4. The number of rotatable bonds is 4. The summed E-state index contributed by atoms with van der Waals surface area (Å²) in [4.78, 5) is 42.7. The molecule has 8 nitrogen and oxygen atoms in total. The number of piperidine rings is 1. The number of hydrogen-bond acceptors (Lipinski definition) is 5. The third kappa shape index (κ3) is 4.53. The molecular weight excluding hydrogens is 372 g/mol. The molecule has 1 saturated heterocycles. The summed E-state index contributed by atoms with van der Waals surface area (Å²) in [7, 11) is 1.36. The normalized spacial score (nSPS) is 18.8. The van der Waals surface area contributed by atoms with E-state index in [9.17, 15) is 14.4 Å². The van der Waals surface area contributed by atoms with Crippen LogP contribution in [-0.2, 0) is 9.59 Å². The number of pyridine rings is 1. The summed E-state index contributed by atoms with van der Waals surface area (Å²) in [5.41, 5.74) is 6.53. The number of anilines is 1. The summed E-state index contributed by atoms with van der Waals surface area (Å²) >= 11 is 0. The van der Waals surface area contributed by atoms with Crippen LogP contribution >= 0.6 is 0 Å². The second-order valence-electron chi connectivity index (χ2n) is 7.17. The fourth-order valence-electron chi connectivity index (χ4n) is 3.57. The predicted molar refractivity (Wildman–Crippen MR) is 109 cm³/mol. The number of hydrogen-bond donors (Lipinski definition) is 2. The van der Waals surface area contributed by atoms with Crippen LogP contribution in [0.15, 0.2) is 42.6 Å². The Morgan fingerprint density at radius 3 is 2.62 bits per heavy atom. The van der Waals surface area contributed by atoms with Crippen LogP contribution in [0.5, 0.6) is 5.88 Å². The second-order valence-corrected chi connectivity index (χ2v) is 7.17. The van der Waals surface area contributed by atoms with Crippen molar-refractivity contribution in [3.05, 3.63) is 53.7 Å². The van der Waals surface area contributed by atoms with Crippen molar-refractivity contribution >= 4 is 23.4 Å². The number of methoxy groups -OCH3 is 1. The molecule has 1 aromatic carbocycles. The van der Waals surface area contributed by atoms with E-state index in [0.29, 0.717) is 12.5 Å². The van der Waals surface area contributed by atoms with Crippen LogP contribution < -0.4 is 15.8 Å². The highest BCUT2D eigenvalue weighted by Gasteiger charge is 2.34. The number of nitrogens with two attached hydrogens (primary N) is 1. The standard InChI is InChI=1S/C21H24N4O4.H2/c1-13-8-9-17(14-6-4-3-5-7-14)25(12-13)21(28)19(27)24-15-10-16(18(22)26)20(29-2)23-11-15;/h3-7,10-11,13,17H,8-9,12H2,1-2H3,(H2,22,26)(H,24,27);1H/t13-,17+;/m0./s1. The lowest BCUT2D eigenvalue weighted by Gasteiger charge is -2.38. The maximum Gasteiger partial charge on any atom is 0.313 e. The number of carbonyl (C=O) groups is 3. The number of primary amides is 1. The van der Waals surface area contributed by atoms with Crippen LogP contribution in [0.3, 0.4) is 0 Å². The Morgan fingerprint density at radius 2 is 1.97 bits per heavy atom. The SMILES string of the molecule is COc1ncc(NC(=O)C(=O)N2C[C@@H](C)CC[C@@H]2c2ccccc2)cc1C(N)=O.[HH]. The first kappa shape index (κ1) is 20.3. The predicted octanol–water partition coefficient (Wildman–Crippen LogP) is 2.37. The van der Waals surface area contributed by atoms with Gasteiger partial charge in [0.2, 0.25) is 5.88 Å². The van der Waals surface area contributed by atoms with E-state index >= 15 is 0 Å². The topological polar surface area (TPSA) is 115 Å². The minimum Gasteiger partial charge on any atom is -0.480 e. The molecule has 0 bridgehead atoms. The molecule has 1 aromatic heterocycles. The molecule has 8 heteroatoms. The van der Waals surface area contributed by atoms with Crippen molar-refractivity contribution in [2.75, 3.05) is 19.0 Å². The molecule has 0 unspecified atom stereocenters. The highest BCUT2D eigenvalue weighted by Crippen LogP contribution is 2.33. The van der Waals surface area contributed by atoms with Crippen molar-refractivity contribution in [1.82, 2.24) is 9.88 Å². The maximum absolute atomic E-state index is 13.0. The molecule has 2 atom stereocenters. The zero-order valence-corrected chi connectivity index (χ0v) is 16.4. The molecule has 1 aliphatic rings. The molecule has 1 aliphatic heterocycles. The minimum atomic E-state index is -0.789. The summed E-state index contributed by atoms with van der Waals surface area (Å²) < 4.78 is 4.98. The van der Waals surface area contributed by atoms with E-state index < -0.39 is 17.7 Å². The average Bonchev–Trinajstić information content (AvgIpc) is 2.73. The van der Waals surface area contributed by atoms with Crippen molar-refractivity contribution in [2.24, 2.45) is 11.7 Å². The quantitative estimate of drug-likeness (QED) is 0.768. The van der Waals surface area contributed by atoms with E-state index in [4.69, 9.17) is 10.5 Å². The summed E-state index contributed by atoms with van der Waals surface area (Å²) in [6, 6.07) is 10.9. The molecule has 154 valence electrons. The number of nitrogens with one attached hydrogen (secondary N) is 1. The highest BCUT2D eigenvalue weighted by molar-refractivity contribution is 6.39. The summed E-state index contributed by atoms with van der Waals surface area (Å²) in [5.74, 6) is -1.80. The Balaban J connectivity index is 0.00000320. The molecule has 0 aliphatic carbocycles. The van der Waals surface area contributed by atoms with Gasteiger partial charge >= 0.3 is 11.8 Å². The van der Waals surface area contributed by atoms with Crippen LogP contribution in [0.4, 0.5) is 5.69 Å². The van der Waals surface area contributed by atoms with E-state index in [-0.39, 0.29) is 24.6 Å². The Bertz CT molecular complexity index is 922. The fourth-order valence-corrected chi connectivity index (χ4v) is 3.57. The third-order valence-corrected chi connectivity index (χ3v) is 5.02. The number of benzene rings is 1. The summed E-state index contributed by atoms with van der Waals surface area (Å²) in [6.45, 7) is 2.56. The fraction of sp³-hybridized carbons (Fsp3) is 0.333. The molecule has 1 fully saturated rings. The van der Waals surface area contributed by atoms with Gasteiger partial charge in [-0.1, -0.05) is 37.3 Å². The lowest BCUT2D eigenvalue weighted by atomic mass is 9.90. The van der Waals surface area contributed by atoms with Gasteiger partial charge in [0.25, 0.3) is 5.91 Å². The summed E-state index contributed by atoms with van der Waals surface area (Å²) in [6.07, 6.45) is 3.08. The molecule has 3 rings (SSSR count). The van der Waals surface area contributed by atoms with E-state index in [0.717, 1.165) is 18.4 Å². The minimum absolute atomic E-state index is 0. The van der Waals surface area contributed by atoms with Crippen LogP contribution in [-0.4, -0.2) is 41.3 Å². The van der Waals surface area contributed by atoms with Gasteiger partial charge in [-0.25, -0.2) is 4.98 Å². The molecular formula is C21H26N4O4. The first-order valence-corrected chi connectivity index (χ1v) is 9.41. The number of amides is 3. The Kier molecular flexibility index (Phi) is 6.11. The Labute approximate surface area is 170 Å². The van der Waals surface area contributed by atoms with Crippen LogP contribution in [0.2, 0.25) is 0 Å². The van der Waals surface area contributed by atoms with Gasteiger partial charge in [0.15, 0.2) is 0 Å². The van der Waals surface area contributed by atoms with Gasteiger partial charge in [-0.3, -0.25) is 14.4 Å². The van der Waals surface area contributed by atoms with Gasteiger partial charge in [-0.05, 0) is 30.4 Å². The maximum atomic E-state index is 13.0. The van der Waals surface area contributed by atoms with Crippen molar-refractivity contribution in [3.63, 3.8) is 0 Å². The van der Waals surface area contributed by atoms with Gasteiger partial charge in [-0.2, -0.15) is 0 Å². The van der Waals surface area contributed by atoms with E-state index in [1.807, 2.05) is 30.3 Å². The van der Waals surface area contributed by atoms with Gasteiger partial charge < -0.3 is 20.7 Å². The highest BCUT2D eigenvalue weighted by atomic mass is 16.5. The molecule has 0 spiro atoms. The number of aromatic nitrogens is 1. The smallest absolute Gasteiger partial charge is 0.313 e. The molecule has 2 aromatic rings. The molecule has 0 radical (unpaired) electrons. The van der Waals surface area contributed by atoms with Crippen LogP contribution in [0, 0.1) is 5.92 Å². The van der Waals surface area contributed by atoms with Crippen molar-refractivity contribution in [3.8, 4) is 5.88 Å². The number of carbonyl (C=O) groups excluding carboxylic acids is 3. The summed E-state index contributed by atoms with van der Waals surface area (Å²) in [5, 5.41) is 2.52. The van der Waals surface area contributed by atoms with E-state index in [1.54, 1.807) is 4.90 Å².